The summed E-state index contributed by atoms with van der Waals surface area (Å²) in [4.78, 5) is 19.4. The Morgan fingerprint density at radius 2 is 1.87 bits per heavy atom. The molecule has 1 aromatic carbocycles. The van der Waals surface area contributed by atoms with E-state index in [4.69, 9.17) is 9.47 Å². The number of morpholine rings is 1. The van der Waals surface area contributed by atoms with Crippen molar-refractivity contribution in [3.05, 3.63) is 29.3 Å². The Kier molecular flexibility index (Phi) is 7.72. The van der Waals surface area contributed by atoms with Gasteiger partial charge in [0, 0.05) is 45.2 Å². The molecule has 31 heavy (non-hydrogen) atoms. The molecule has 3 heterocycles. The lowest BCUT2D eigenvalue weighted by atomic mass is 9.94. The van der Waals surface area contributed by atoms with E-state index in [1.807, 2.05) is 4.90 Å². The Labute approximate surface area is 187 Å². The lowest BCUT2D eigenvalue weighted by Crippen LogP contribution is -2.51. The van der Waals surface area contributed by atoms with E-state index in [1.54, 1.807) is 0 Å². The Morgan fingerprint density at radius 1 is 1.13 bits per heavy atom. The topological polar surface area (TPSA) is 45.2 Å². The third-order valence-electron chi connectivity index (χ3n) is 7.09. The third-order valence-corrected chi connectivity index (χ3v) is 7.09. The van der Waals surface area contributed by atoms with E-state index < -0.39 is 0 Å². The molecule has 4 rings (SSSR count). The summed E-state index contributed by atoms with van der Waals surface area (Å²) in [6, 6.07) is 7.49. The van der Waals surface area contributed by atoms with E-state index >= 15 is 0 Å². The van der Waals surface area contributed by atoms with E-state index in [0.717, 1.165) is 77.3 Å². The molecule has 0 aromatic heterocycles. The molecule has 1 unspecified atom stereocenters. The van der Waals surface area contributed by atoms with Crippen LogP contribution in [0.15, 0.2) is 18.2 Å². The molecule has 0 saturated carbocycles. The predicted octanol–water partition coefficient (Wildman–Crippen LogP) is 3.43. The normalized spacial score (nSPS) is 20.6. The molecule has 0 radical (unpaired) electrons. The molecule has 2 fully saturated rings. The van der Waals surface area contributed by atoms with Gasteiger partial charge in [0.1, 0.15) is 5.75 Å². The molecule has 1 atom stereocenters. The van der Waals surface area contributed by atoms with E-state index in [2.05, 4.69) is 41.8 Å². The highest BCUT2D eigenvalue weighted by atomic mass is 16.5. The predicted molar refractivity (Wildman–Crippen MR) is 123 cm³/mol. The van der Waals surface area contributed by atoms with Gasteiger partial charge >= 0.3 is 6.03 Å². The zero-order valence-corrected chi connectivity index (χ0v) is 19.4. The highest BCUT2D eigenvalue weighted by Crippen LogP contribution is 2.27. The fourth-order valence-corrected chi connectivity index (χ4v) is 5.18. The maximum atomic E-state index is 12.8. The second kappa shape index (κ2) is 10.7. The SMILES string of the molecule is CCCN(CC1CCN(C(=O)N2CCOCC2)CC1)C(C)Cc1ccc2c(c1)OCC2. The Morgan fingerprint density at radius 3 is 2.61 bits per heavy atom. The Bertz CT molecular complexity index is 727. The number of piperidine rings is 1. The second-order valence-corrected chi connectivity index (χ2v) is 9.40. The quantitative estimate of drug-likeness (QED) is 0.666. The van der Waals surface area contributed by atoms with Crippen LogP contribution in [-0.2, 0) is 17.6 Å². The zero-order valence-electron chi connectivity index (χ0n) is 19.4. The maximum absolute atomic E-state index is 12.8. The molecule has 0 bridgehead atoms. The lowest BCUT2D eigenvalue weighted by molar-refractivity contribution is 0.0386. The van der Waals surface area contributed by atoms with Crippen LogP contribution in [0.25, 0.3) is 0 Å². The molecule has 2 amide bonds. The summed E-state index contributed by atoms with van der Waals surface area (Å²) in [7, 11) is 0. The molecule has 6 nitrogen and oxygen atoms in total. The Hall–Kier alpha value is -1.79. The van der Waals surface area contributed by atoms with Crippen LogP contribution in [0.5, 0.6) is 5.75 Å². The molecule has 3 aliphatic rings. The first-order chi connectivity index (χ1) is 15.1. The van der Waals surface area contributed by atoms with Crippen LogP contribution < -0.4 is 4.74 Å². The van der Waals surface area contributed by atoms with Crippen molar-refractivity contribution < 1.29 is 14.3 Å². The van der Waals surface area contributed by atoms with E-state index in [1.165, 1.54) is 17.5 Å². The van der Waals surface area contributed by atoms with Gasteiger partial charge in [0.2, 0.25) is 0 Å². The third kappa shape index (κ3) is 5.72. The van der Waals surface area contributed by atoms with Crippen LogP contribution in [-0.4, -0.2) is 85.9 Å². The summed E-state index contributed by atoms with van der Waals surface area (Å²) < 4.78 is 11.1. The summed E-state index contributed by atoms with van der Waals surface area (Å²) >= 11 is 0. The number of carbonyl (C=O) groups is 1. The molecule has 172 valence electrons. The van der Waals surface area contributed by atoms with Crippen molar-refractivity contribution in [2.24, 2.45) is 5.92 Å². The van der Waals surface area contributed by atoms with Crippen LogP contribution in [0.4, 0.5) is 4.79 Å². The van der Waals surface area contributed by atoms with Gasteiger partial charge in [-0.25, -0.2) is 4.79 Å². The van der Waals surface area contributed by atoms with E-state index in [9.17, 15) is 4.79 Å². The number of carbonyl (C=O) groups excluding carboxylic acids is 1. The molecule has 2 saturated heterocycles. The summed E-state index contributed by atoms with van der Waals surface area (Å²) in [5, 5.41) is 0. The first-order valence-corrected chi connectivity index (χ1v) is 12.2. The molecular weight excluding hydrogens is 390 g/mol. The largest absolute Gasteiger partial charge is 0.493 e. The van der Waals surface area contributed by atoms with Crippen LogP contribution in [0.2, 0.25) is 0 Å². The fraction of sp³-hybridized carbons (Fsp3) is 0.720. The van der Waals surface area contributed by atoms with Crippen LogP contribution in [0, 0.1) is 5.92 Å². The first kappa shape index (κ1) is 22.4. The van der Waals surface area contributed by atoms with Crippen molar-refractivity contribution in [2.45, 2.75) is 52.0 Å². The number of nitrogens with zero attached hydrogens (tertiary/aromatic N) is 3. The molecule has 1 aromatic rings. The zero-order chi connectivity index (χ0) is 21.6. The minimum atomic E-state index is 0.208. The maximum Gasteiger partial charge on any atom is 0.320 e. The van der Waals surface area contributed by atoms with Crippen molar-refractivity contribution in [3.63, 3.8) is 0 Å². The van der Waals surface area contributed by atoms with Gasteiger partial charge in [0.25, 0.3) is 0 Å². The summed E-state index contributed by atoms with van der Waals surface area (Å²) in [5.41, 5.74) is 2.72. The minimum absolute atomic E-state index is 0.208. The highest BCUT2D eigenvalue weighted by Gasteiger charge is 2.29. The van der Waals surface area contributed by atoms with Crippen molar-refractivity contribution >= 4 is 6.03 Å². The summed E-state index contributed by atoms with van der Waals surface area (Å²) in [6.45, 7) is 12.3. The van der Waals surface area contributed by atoms with Crippen molar-refractivity contribution in [1.82, 2.24) is 14.7 Å². The number of benzene rings is 1. The monoisotopic (exact) mass is 429 g/mol. The van der Waals surface area contributed by atoms with Gasteiger partial charge in [-0.05, 0) is 62.3 Å². The number of ether oxygens (including phenoxy) is 2. The molecule has 0 spiro atoms. The average molecular weight is 430 g/mol. The summed E-state index contributed by atoms with van der Waals surface area (Å²) in [6.07, 6.45) is 5.49. The highest BCUT2D eigenvalue weighted by molar-refractivity contribution is 5.74. The number of fused-ring (bicyclic) bond motifs is 1. The number of hydrogen-bond donors (Lipinski definition) is 0. The van der Waals surface area contributed by atoms with Crippen LogP contribution in [0.3, 0.4) is 0 Å². The average Bonchev–Trinajstić information content (AvgIpc) is 3.27. The molecule has 0 aliphatic carbocycles. The van der Waals surface area contributed by atoms with E-state index in [-0.39, 0.29) is 6.03 Å². The van der Waals surface area contributed by atoms with Crippen molar-refractivity contribution in [3.8, 4) is 5.75 Å². The molecule has 0 N–H and O–H groups in total. The Balaban J connectivity index is 1.27. The second-order valence-electron chi connectivity index (χ2n) is 9.40. The van der Waals surface area contributed by atoms with Gasteiger partial charge in [0.05, 0.1) is 19.8 Å². The standard InChI is InChI=1S/C25H39N3O3/c1-3-9-28(20(2)17-22-4-5-23-8-14-31-24(23)18-22)19-21-6-10-26(11-7-21)25(29)27-12-15-30-16-13-27/h4-5,18,20-21H,3,6-17,19H2,1-2H3. The molecule has 3 aliphatic heterocycles. The number of urea groups is 1. The number of rotatable bonds is 7. The van der Waals surface area contributed by atoms with Gasteiger partial charge in [-0.1, -0.05) is 19.1 Å². The lowest BCUT2D eigenvalue weighted by Gasteiger charge is -2.39. The van der Waals surface area contributed by atoms with Gasteiger partial charge < -0.3 is 24.2 Å². The van der Waals surface area contributed by atoms with Gasteiger partial charge in [-0.2, -0.15) is 0 Å². The molecular formula is C25H39N3O3. The summed E-state index contributed by atoms with van der Waals surface area (Å²) in [5.74, 6) is 1.76. The number of likely N-dealkylation sites (tertiary alicyclic amines) is 1. The fourth-order valence-electron chi connectivity index (χ4n) is 5.18. The van der Waals surface area contributed by atoms with E-state index in [0.29, 0.717) is 25.2 Å². The minimum Gasteiger partial charge on any atom is -0.493 e. The van der Waals surface area contributed by atoms with Gasteiger partial charge in [-0.15, -0.1) is 0 Å². The number of amides is 2. The van der Waals surface area contributed by atoms with Gasteiger partial charge in [-0.3, -0.25) is 0 Å². The van der Waals surface area contributed by atoms with Gasteiger partial charge in [0.15, 0.2) is 0 Å². The smallest absolute Gasteiger partial charge is 0.320 e. The molecule has 6 heteroatoms. The van der Waals surface area contributed by atoms with Crippen molar-refractivity contribution in [1.29, 1.82) is 0 Å². The van der Waals surface area contributed by atoms with Crippen LogP contribution in [0.1, 0.15) is 44.2 Å². The number of hydrogen-bond acceptors (Lipinski definition) is 4. The first-order valence-electron chi connectivity index (χ1n) is 12.2. The van der Waals surface area contributed by atoms with Crippen LogP contribution >= 0.6 is 0 Å². The van der Waals surface area contributed by atoms with Crippen molar-refractivity contribution in [2.75, 3.05) is 59.1 Å².